The first-order valence-electron chi connectivity index (χ1n) is 4.30. The van der Waals surface area contributed by atoms with Crippen molar-refractivity contribution in [3.8, 4) is 0 Å². The number of hydrogen-bond donors (Lipinski definition) is 2. The van der Waals surface area contributed by atoms with E-state index in [-0.39, 0.29) is 17.1 Å². The topological polar surface area (TPSA) is 42.0 Å². The second kappa shape index (κ2) is 4.31. The second-order valence-corrected chi connectivity index (χ2v) is 5.17. The van der Waals surface area contributed by atoms with Gasteiger partial charge in [-0.15, -0.1) is 11.3 Å². The van der Waals surface area contributed by atoms with Crippen molar-refractivity contribution in [2.45, 2.75) is 26.2 Å². The Morgan fingerprint density at radius 3 is 2.71 bits per heavy atom. The summed E-state index contributed by atoms with van der Waals surface area (Å²) < 4.78 is 0. The van der Waals surface area contributed by atoms with Crippen LogP contribution >= 0.6 is 24.0 Å². The Hall–Kier alpha value is -0.550. The van der Waals surface area contributed by atoms with E-state index in [1.54, 1.807) is 0 Å². The highest BCUT2D eigenvalue weighted by Gasteiger charge is 2.17. The maximum absolute atomic E-state index is 11.0. The van der Waals surface area contributed by atoms with E-state index in [0.29, 0.717) is 5.13 Å². The summed E-state index contributed by atoms with van der Waals surface area (Å²) in [5.74, 6) is 0.0629. The lowest BCUT2D eigenvalue weighted by Gasteiger charge is -2.14. The average molecular weight is 230 g/mol. The van der Waals surface area contributed by atoms with E-state index >= 15 is 0 Å². The summed E-state index contributed by atoms with van der Waals surface area (Å²) in [6.45, 7) is 6.27. The molecule has 0 saturated carbocycles. The third-order valence-corrected chi connectivity index (χ3v) is 2.71. The fourth-order valence-electron chi connectivity index (χ4n) is 0.834. The summed E-state index contributed by atoms with van der Waals surface area (Å²) in [4.78, 5) is 15.3. The molecule has 0 spiro atoms. The minimum atomic E-state index is -0.122. The first-order chi connectivity index (χ1) is 6.43. The summed E-state index contributed by atoms with van der Waals surface area (Å²) in [6.07, 6.45) is 0. The number of amides is 1. The molecule has 0 atom stereocenters. The molecule has 1 amide bonds. The predicted molar refractivity (Wildman–Crippen MR) is 63.3 cm³/mol. The Balaban J connectivity index is 2.74. The predicted octanol–water partition coefficient (Wildman–Crippen LogP) is 2.31. The number of nitrogens with one attached hydrogen (secondary N) is 1. The van der Waals surface area contributed by atoms with Crippen LogP contribution in [0.4, 0.5) is 5.13 Å². The van der Waals surface area contributed by atoms with Crippen molar-refractivity contribution in [2.75, 3.05) is 11.1 Å². The van der Waals surface area contributed by atoms with Gasteiger partial charge >= 0.3 is 0 Å². The molecule has 78 valence electrons. The van der Waals surface area contributed by atoms with Gasteiger partial charge in [-0.25, -0.2) is 4.98 Å². The monoisotopic (exact) mass is 230 g/mol. The summed E-state index contributed by atoms with van der Waals surface area (Å²) in [6, 6.07) is 0. The molecule has 0 aromatic carbocycles. The van der Waals surface area contributed by atoms with Gasteiger partial charge in [0, 0.05) is 10.8 Å². The molecule has 0 aliphatic carbocycles. The smallest absolute Gasteiger partial charge is 0.235 e. The van der Waals surface area contributed by atoms with Crippen LogP contribution in [-0.2, 0) is 10.2 Å². The first kappa shape index (κ1) is 11.5. The molecule has 0 unspecified atom stereocenters. The van der Waals surface area contributed by atoms with Crippen LogP contribution in [0.15, 0.2) is 5.38 Å². The van der Waals surface area contributed by atoms with E-state index in [4.69, 9.17) is 0 Å². The Morgan fingerprint density at radius 1 is 1.64 bits per heavy atom. The van der Waals surface area contributed by atoms with E-state index in [9.17, 15) is 4.79 Å². The van der Waals surface area contributed by atoms with Crippen molar-refractivity contribution < 1.29 is 4.79 Å². The highest BCUT2D eigenvalue weighted by molar-refractivity contribution is 7.81. The van der Waals surface area contributed by atoms with Gasteiger partial charge in [-0.05, 0) is 0 Å². The van der Waals surface area contributed by atoms with E-state index in [2.05, 4.69) is 43.7 Å². The fourth-order valence-corrected chi connectivity index (χ4v) is 1.87. The highest BCUT2D eigenvalue weighted by atomic mass is 32.1. The number of hydrogen-bond acceptors (Lipinski definition) is 4. The van der Waals surface area contributed by atoms with Gasteiger partial charge in [0.1, 0.15) is 0 Å². The van der Waals surface area contributed by atoms with E-state index in [0.717, 1.165) is 5.69 Å². The Bertz CT molecular complexity index is 328. The molecule has 1 aromatic rings. The summed E-state index contributed by atoms with van der Waals surface area (Å²) in [7, 11) is 0. The Kier molecular flexibility index (Phi) is 3.55. The molecule has 0 saturated heterocycles. The zero-order chi connectivity index (χ0) is 10.8. The molecule has 5 heteroatoms. The zero-order valence-electron chi connectivity index (χ0n) is 8.50. The molecule has 3 nitrogen and oxygen atoms in total. The Morgan fingerprint density at radius 2 is 2.29 bits per heavy atom. The quantitative estimate of drug-likeness (QED) is 0.766. The van der Waals surface area contributed by atoms with Crippen molar-refractivity contribution in [2.24, 2.45) is 0 Å². The Labute approximate surface area is 93.3 Å². The normalized spacial score (nSPS) is 11.4. The van der Waals surface area contributed by atoms with E-state index in [1.165, 1.54) is 11.3 Å². The second-order valence-electron chi connectivity index (χ2n) is 3.99. The number of anilines is 1. The largest absolute Gasteiger partial charge is 0.301 e. The van der Waals surface area contributed by atoms with Gasteiger partial charge in [-0.2, -0.15) is 12.6 Å². The molecular formula is C9H14N2OS2. The number of nitrogens with zero attached hydrogens (tertiary/aromatic N) is 1. The first-order valence-corrected chi connectivity index (χ1v) is 5.81. The van der Waals surface area contributed by atoms with Crippen LogP contribution in [-0.4, -0.2) is 16.6 Å². The van der Waals surface area contributed by atoms with Crippen LogP contribution < -0.4 is 5.32 Å². The lowest BCUT2D eigenvalue weighted by atomic mass is 9.93. The van der Waals surface area contributed by atoms with Crippen LogP contribution in [0.2, 0.25) is 0 Å². The molecular weight excluding hydrogens is 216 g/mol. The third kappa shape index (κ3) is 2.99. The zero-order valence-corrected chi connectivity index (χ0v) is 10.2. The van der Waals surface area contributed by atoms with Crippen molar-refractivity contribution >= 4 is 35.0 Å². The number of thiazole rings is 1. The van der Waals surface area contributed by atoms with Crippen LogP contribution in [0, 0.1) is 0 Å². The number of carbonyl (C=O) groups excluding carboxylic acids is 1. The van der Waals surface area contributed by atoms with Crippen molar-refractivity contribution in [3.05, 3.63) is 11.1 Å². The fraction of sp³-hybridized carbons (Fsp3) is 0.556. The average Bonchev–Trinajstić information content (AvgIpc) is 2.51. The van der Waals surface area contributed by atoms with Crippen LogP contribution in [0.3, 0.4) is 0 Å². The van der Waals surface area contributed by atoms with Gasteiger partial charge in [0.25, 0.3) is 0 Å². The van der Waals surface area contributed by atoms with Gasteiger partial charge in [0.15, 0.2) is 5.13 Å². The molecule has 0 fully saturated rings. The molecule has 14 heavy (non-hydrogen) atoms. The minimum absolute atomic E-state index is 0.0282. The van der Waals surface area contributed by atoms with E-state index < -0.39 is 0 Å². The highest BCUT2D eigenvalue weighted by Crippen LogP contribution is 2.26. The maximum Gasteiger partial charge on any atom is 0.235 e. The van der Waals surface area contributed by atoms with Crippen LogP contribution in [0.1, 0.15) is 26.5 Å². The summed E-state index contributed by atoms with van der Waals surface area (Å²) in [5.41, 5.74) is 1.03. The molecule has 1 N–H and O–H groups in total. The molecule has 1 heterocycles. The summed E-state index contributed by atoms with van der Waals surface area (Å²) in [5, 5.41) is 5.29. The van der Waals surface area contributed by atoms with Crippen LogP contribution in [0.5, 0.6) is 0 Å². The van der Waals surface area contributed by atoms with Crippen molar-refractivity contribution in [1.82, 2.24) is 4.98 Å². The molecule has 0 bridgehead atoms. The van der Waals surface area contributed by atoms with E-state index in [1.807, 2.05) is 5.38 Å². The molecule has 0 aliphatic rings. The number of aromatic nitrogens is 1. The van der Waals surface area contributed by atoms with Gasteiger partial charge in [-0.1, -0.05) is 20.8 Å². The third-order valence-electron chi connectivity index (χ3n) is 1.66. The molecule has 1 rings (SSSR count). The van der Waals surface area contributed by atoms with Gasteiger partial charge < -0.3 is 5.32 Å². The lowest BCUT2D eigenvalue weighted by molar-refractivity contribution is -0.113. The number of carbonyl (C=O) groups is 1. The molecule has 1 aromatic heterocycles. The van der Waals surface area contributed by atoms with Gasteiger partial charge in [0.2, 0.25) is 5.91 Å². The maximum atomic E-state index is 11.0. The van der Waals surface area contributed by atoms with Crippen LogP contribution in [0.25, 0.3) is 0 Å². The van der Waals surface area contributed by atoms with Crippen molar-refractivity contribution in [1.29, 1.82) is 0 Å². The number of rotatable bonds is 2. The molecule has 0 radical (unpaired) electrons. The minimum Gasteiger partial charge on any atom is -0.301 e. The van der Waals surface area contributed by atoms with Crippen molar-refractivity contribution in [3.63, 3.8) is 0 Å². The molecule has 0 aliphatic heterocycles. The SMILES string of the molecule is CC(C)(C)c1csc(NC(=O)CS)n1. The van der Waals surface area contributed by atoms with Gasteiger partial charge in [-0.3, -0.25) is 4.79 Å². The lowest BCUT2D eigenvalue weighted by Crippen LogP contribution is -2.14. The number of thiol groups is 1. The summed E-state index contributed by atoms with van der Waals surface area (Å²) >= 11 is 5.32. The standard InChI is InChI=1S/C9H14N2OS2/c1-9(2,3)6-5-14-8(10-6)11-7(12)4-13/h5,13H,4H2,1-3H3,(H,10,11,12). The van der Waals surface area contributed by atoms with Gasteiger partial charge in [0.05, 0.1) is 11.4 Å².